The van der Waals surface area contributed by atoms with Crippen LogP contribution in [0.15, 0.2) is 30.8 Å². The Labute approximate surface area is 113 Å². The predicted molar refractivity (Wildman–Crippen MR) is 78.2 cm³/mol. The molecule has 0 radical (unpaired) electrons. The van der Waals surface area contributed by atoms with Crippen LogP contribution < -0.4 is 4.74 Å². The van der Waals surface area contributed by atoms with Gasteiger partial charge in [0.1, 0.15) is 5.75 Å². The molecule has 1 aromatic rings. The van der Waals surface area contributed by atoms with Gasteiger partial charge in [-0.15, -0.1) is 0 Å². The van der Waals surface area contributed by atoms with Gasteiger partial charge in [-0.2, -0.15) is 11.8 Å². The zero-order chi connectivity index (χ0) is 13.0. The monoisotopic (exact) mass is 264 g/mol. The first-order valence-corrected chi connectivity index (χ1v) is 7.41. The van der Waals surface area contributed by atoms with Crippen LogP contribution in [-0.2, 0) is 0 Å². The Hall–Kier alpha value is -0.930. The highest BCUT2D eigenvalue weighted by Crippen LogP contribution is 2.34. The fraction of sp³-hybridized carbons (Fsp3) is 0.467. The lowest BCUT2D eigenvalue weighted by Gasteiger charge is -2.32. The summed E-state index contributed by atoms with van der Waals surface area (Å²) in [5.74, 6) is 2.94. The molecule has 1 fully saturated rings. The molecule has 0 atom stereocenters. The summed E-state index contributed by atoms with van der Waals surface area (Å²) in [5.41, 5.74) is 1.54. The fourth-order valence-electron chi connectivity index (χ4n) is 2.25. The van der Waals surface area contributed by atoms with Crippen molar-refractivity contribution < 1.29 is 9.84 Å². The molecule has 0 saturated carbocycles. The maximum atomic E-state index is 10.5. The number of thioether (sulfide) groups is 1. The smallest absolute Gasteiger partial charge is 0.118 e. The number of methoxy groups -OCH3 is 1. The zero-order valence-corrected chi connectivity index (χ0v) is 11.6. The van der Waals surface area contributed by atoms with Gasteiger partial charge in [-0.25, -0.2) is 0 Å². The number of aliphatic hydroxyl groups is 1. The molecule has 98 valence electrons. The molecule has 2 rings (SSSR count). The minimum atomic E-state index is -0.553. The van der Waals surface area contributed by atoms with Crippen molar-refractivity contribution in [3.05, 3.63) is 36.4 Å². The zero-order valence-electron chi connectivity index (χ0n) is 10.8. The maximum Gasteiger partial charge on any atom is 0.118 e. The van der Waals surface area contributed by atoms with E-state index in [0.29, 0.717) is 6.42 Å². The van der Waals surface area contributed by atoms with E-state index in [-0.39, 0.29) is 0 Å². The second kappa shape index (κ2) is 5.81. The van der Waals surface area contributed by atoms with Gasteiger partial charge < -0.3 is 9.84 Å². The molecule has 0 aliphatic carbocycles. The number of rotatable bonds is 4. The Balaban J connectivity index is 2.02. The Morgan fingerprint density at radius 3 is 2.50 bits per heavy atom. The normalized spacial score (nSPS) is 18.3. The van der Waals surface area contributed by atoms with Gasteiger partial charge in [0.05, 0.1) is 12.7 Å². The van der Waals surface area contributed by atoms with Crippen LogP contribution in [0, 0.1) is 0 Å². The van der Waals surface area contributed by atoms with Crippen molar-refractivity contribution in [3.8, 4) is 5.75 Å². The molecule has 0 spiro atoms. The van der Waals surface area contributed by atoms with Gasteiger partial charge in [0.25, 0.3) is 0 Å². The van der Waals surface area contributed by atoms with Crippen molar-refractivity contribution in [1.82, 2.24) is 0 Å². The van der Waals surface area contributed by atoms with Crippen molar-refractivity contribution in [2.24, 2.45) is 0 Å². The van der Waals surface area contributed by atoms with Crippen LogP contribution >= 0.6 is 11.8 Å². The first-order valence-electron chi connectivity index (χ1n) is 6.25. The van der Waals surface area contributed by atoms with Gasteiger partial charge in [0, 0.05) is 6.42 Å². The molecular weight excluding hydrogens is 244 g/mol. The summed E-state index contributed by atoms with van der Waals surface area (Å²) < 4.78 is 5.14. The molecule has 1 aliphatic rings. The van der Waals surface area contributed by atoms with Gasteiger partial charge >= 0.3 is 0 Å². The molecule has 1 N–H and O–H groups in total. The Kier molecular flexibility index (Phi) is 4.36. The van der Waals surface area contributed by atoms with Crippen LogP contribution in [0.4, 0.5) is 0 Å². The first-order chi connectivity index (χ1) is 8.63. The molecule has 2 nitrogen and oxygen atoms in total. The van der Waals surface area contributed by atoms with Crippen LogP contribution in [0.5, 0.6) is 5.75 Å². The van der Waals surface area contributed by atoms with E-state index in [9.17, 15) is 5.11 Å². The van der Waals surface area contributed by atoms with Crippen molar-refractivity contribution in [2.45, 2.75) is 24.9 Å². The predicted octanol–water partition coefficient (Wildman–Crippen LogP) is 3.36. The topological polar surface area (TPSA) is 29.5 Å². The van der Waals surface area contributed by atoms with Crippen molar-refractivity contribution >= 4 is 17.3 Å². The SMILES string of the molecule is C=C(CC1(O)CCSCC1)c1ccc(OC)cc1. The van der Waals surface area contributed by atoms with Crippen LogP contribution in [0.1, 0.15) is 24.8 Å². The van der Waals surface area contributed by atoms with E-state index in [2.05, 4.69) is 6.58 Å². The van der Waals surface area contributed by atoms with Crippen molar-refractivity contribution in [3.63, 3.8) is 0 Å². The summed E-state index contributed by atoms with van der Waals surface area (Å²) in [7, 11) is 1.66. The average molecular weight is 264 g/mol. The highest BCUT2D eigenvalue weighted by Gasteiger charge is 2.30. The summed E-state index contributed by atoms with van der Waals surface area (Å²) in [6.45, 7) is 4.11. The third-order valence-electron chi connectivity index (χ3n) is 3.46. The third kappa shape index (κ3) is 3.30. The largest absolute Gasteiger partial charge is 0.497 e. The first kappa shape index (κ1) is 13.5. The molecular formula is C15H20O2S. The molecule has 0 unspecified atom stereocenters. The molecule has 1 saturated heterocycles. The van der Waals surface area contributed by atoms with E-state index < -0.39 is 5.60 Å². The van der Waals surface area contributed by atoms with Gasteiger partial charge in [-0.05, 0) is 47.6 Å². The molecule has 18 heavy (non-hydrogen) atoms. The minimum Gasteiger partial charge on any atom is -0.497 e. The molecule has 0 amide bonds. The Morgan fingerprint density at radius 1 is 1.33 bits per heavy atom. The molecule has 0 aromatic heterocycles. The van der Waals surface area contributed by atoms with E-state index >= 15 is 0 Å². The van der Waals surface area contributed by atoms with Crippen molar-refractivity contribution in [2.75, 3.05) is 18.6 Å². The van der Waals surface area contributed by atoms with Gasteiger partial charge in [-0.3, -0.25) is 0 Å². The molecule has 1 heterocycles. The van der Waals surface area contributed by atoms with Crippen LogP contribution in [0.2, 0.25) is 0 Å². The van der Waals surface area contributed by atoms with Gasteiger partial charge in [-0.1, -0.05) is 18.7 Å². The number of benzene rings is 1. The molecule has 0 bridgehead atoms. The van der Waals surface area contributed by atoms with E-state index in [1.54, 1.807) is 7.11 Å². The highest BCUT2D eigenvalue weighted by molar-refractivity contribution is 7.99. The Bertz CT molecular complexity index is 405. The quantitative estimate of drug-likeness (QED) is 0.904. The van der Waals surface area contributed by atoms with Crippen LogP contribution in [0.25, 0.3) is 5.57 Å². The fourth-order valence-corrected chi connectivity index (χ4v) is 3.51. The average Bonchev–Trinajstić information content (AvgIpc) is 2.39. The molecule has 1 aliphatic heterocycles. The van der Waals surface area contributed by atoms with E-state index in [1.165, 1.54) is 0 Å². The number of hydrogen-bond acceptors (Lipinski definition) is 3. The number of hydrogen-bond donors (Lipinski definition) is 1. The third-order valence-corrected chi connectivity index (χ3v) is 4.45. The second-order valence-electron chi connectivity index (χ2n) is 4.85. The van der Waals surface area contributed by atoms with E-state index in [0.717, 1.165) is 41.2 Å². The highest BCUT2D eigenvalue weighted by atomic mass is 32.2. The van der Waals surface area contributed by atoms with Gasteiger partial charge in [0.2, 0.25) is 0 Å². The summed E-state index contributed by atoms with van der Waals surface area (Å²) in [6, 6.07) is 7.87. The summed E-state index contributed by atoms with van der Waals surface area (Å²) >= 11 is 1.92. The molecule has 1 aromatic carbocycles. The standard InChI is InChI=1S/C15H20O2S/c1-12(11-15(16)7-9-18-10-8-15)13-3-5-14(17-2)6-4-13/h3-6,16H,1,7-11H2,2H3. The summed E-state index contributed by atoms with van der Waals surface area (Å²) in [6.07, 6.45) is 2.40. The lowest BCUT2D eigenvalue weighted by atomic mass is 9.87. The summed E-state index contributed by atoms with van der Waals surface area (Å²) in [4.78, 5) is 0. The lowest BCUT2D eigenvalue weighted by molar-refractivity contribution is 0.0374. The van der Waals surface area contributed by atoms with Crippen molar-refractivity contribution in [1.29, 1.82) is 0 Å². The Morgan fingerprint density at radius 2 is 1.94 bits per heavy atom. The van der Waals surface area contributed by atoms with E-state index in [4.69, 9.17) is 4.74 Å². The summed E-state index contributed by atoms with van der Waals surface area (Å²) in [5, 5.41) is 10.5. The minimum absolute atomic E-state index is 0.553. The number of ether oxygens (including phenoxy) is 1. The lowest BCUT2D eigenvalue weighted by Crippen LogP contribution is -2.33. The van der Waals surface area contributed by atoms with E-state index in [1.807, 2.05) is 36.0 Å². The van der Waals surface area contributed by atoms with Crippen LogP contribution in [0.3, 0.4) is 0 Å². The van der Waals surface area contributed by atoms with Gasteiger partial charge in [0.15, 0.2) is 0 Å². The molecule has 3 heteroatoms. The maximum absolute atomic E-state index is 10.5. The van der Waals surface area contributed by atoms with Crippen LogP contribution in [-0.4, -0.2) is 29.3 Å². The second-order valence-corrected chi connectivity index (χ2v) is 6.07.